The van der Waals surface area contributed by atoms with Gasteiger partial charge in [0.05, 0.1) is 26.4 Å². The molecule has 0 atom stereocenters. The molecule has 3 aromatic rings. The molecule has 0 amide bonds. The van der Waals surface area contributed by atoms with Crippen LogP contribution in [0.25, 0.3) is 10.9 Å². The molecular formula is C20H23N7O4. The number of rotatable bonds is 8. The molecule has 0 radical (unpaired) electrons. The second-order valence-electron chi connectivity index (χ2n) is 6.67. The SMILES string of the molecule is CCOC(=O)COc1nc(N=NCc2c[nH]c3ccccc23)nc(N2CCOCC2)n1. The number of esters is 1. The van der Waals surface area contributed by atoms with E-state index < -0.39 is 5.97 Å². The zero-order chi connectivity index (χ0) is 21.5. The first kappa shape index (κ1) is 20.7. The number of hydrogen-bond donors (Lipinski definition) is 1. The van der Waals surface area contributed by atoms with Crippen molar-refractivity contribution in [2.45, 2.75) is 13.5 Å². The van der Waals surface area contributed by atoms with Crippen LogP contribution in [0.2, 0.25) is 0 Å². The molecule has 4 rings (SSSR count). The molecule has 0 bridgehead atoms. The number of benzene rings is 1. The second kappa shape index (κ2) is 9.94. The molecular weight excluding hydrogens is 402 g/mol. The Hall–Kier alpha value is -3.60. The lowest BCUT2D eigenvalue weighted by molar-refractivity contribution is -0.145. The first-order valence-electron chi connectivity index (χ1n) is 10.0. The monoisotopic (exact) mass is 425 g/mol. The first-order valence-corrected chi connectivity index (χ1v) is 10.0. The van der Waals surface area contributed by atoms with E-state index in [1.54, 1.807) is 6.92 Å². The number of aromatic nitrogens is 4. The summed E-state index contributed by atoms with van der Waals surface area (Å²) in [6.45, 7) is 4.47. The van der Waals surface area contributed by atoms with Crippen molar-refractivity contribution >= 4 is 28.8 Å². The van der Waals surface area contributed by atoms with Crippen LogP contribution in [0.3, 0.4) is 0 Å². The zero-order valence-electron chi connectivity index (χ0n) is 17.2. The Morgan fingerprint density at radius 2 is 2.06 bits per heavy atom. The number of anilines is 1. The lowest BCUT2D eigenvalue weighted by Crippen LogP contribution is -2.37. The van der Waals surface area contributed by atoms with Gasteiger partial charge in [-0.1, -0.05) is 18.2 Å². The smallest absolute Gasteiger partial charge is 0.344 e. The number of ether oxygens (including phenoxy) is 3. The third-order valence-electron chi connectivity index (χ3n) is 4.59. The van der Waals surface area contributed by atoms with E-state index in [9.17, 15) is 4.79 Å². The van der Waals surface area contributed by atoms with Crippen molar-refractivity contribution in [2.75, 3.05) is 44.4 Å². The number of fused-ring (bicyclic) bond motifs is 1. The van der Waals surface area contributed by atoms with E-state index in [2.05, 4.69) is 30.2 Å². The molecule has 0 aliphatic carbocycles. The number of hydrogen-bond acceptors (Lipinski definition) is 10. The summed E-state index contributed by atoms with van der Waals surface area (Å²) in [5.74, 6) is 0.00624. The van der Waals surface area contributed by atoms with Crippen molar-refractivity contribution in [1.29, 1.82) is 0 Å². The Balaban J connectivity index is 1.52. The molecule has 1 aliphatic rings. The van der Waals surface area contributed by atoms with Crippen LogP contribution < -0.4 is 9.64 Å². The molecule has 0 spiro atoms. The van der Waals surface area contributed by atoms with Gasteiger partial charge in [-0.25, -0.2) is 4.79 Å². The van der Waals surface area contributed by atoms with Crippen LogP contribution in [0.1, 0.15) is 12.5 Å². The summed E-state index contributed by atoms with van der Waals surface area (Å²) < 4.78 is 15.7. The summed E-state index contributed by atoms with van der Waals surface area (Å²) in [5.41, 5.74) is 2.05. The van der Waals surface area contributed by atoms with Gasteiger partial charge in [0.15, 0.2) is 6.61 Å². The predicted molar refractivity (Wildman–Crippen MR) is 112 cm³/mol. The van der Waals surface area contributed by atoms with Gasteiger partial charge in [0.25, 0.3) is 5.95 Å². The van der Waals surface area contributed by atoms with Gasteiger partial charge in [0.2, 0.25) is 5.95 Å². The second-order valence-corrected chi connectivity index (χ2v) is 6.67. The standard InChI is InChI=1S/C20H23N7O4/c1-2-30-17(28)13-31-20-24-18(23-19(25-20)27-7-9-29-10-8-27)26-22-12-14-11-21-16-6-4-3-5-15(14)16/h3-6,11,21H,2,7-10,12-13H2,1H3. The minimum atomic E-state index is -0.502. The summed E-state index contributed by atoms with van der Waals surface area (Å²) in [5, 5.41) is 9.50. The molecule has 1 fully saturated rings. The zero-order valence-corrected chi connectivity index (χ0v) is 17.2. The van der Waals surface area contributed by atoms with Crippen LogP contribution in [-0.4, -0.2) is 65.4 Å². The van der Waals surface area contributed by atoms with Crippen LogP contribution in [0.15, 0.2) is 40.7 Å². The molecule has 31 heavy (non-hydrogen) atoms. The van der Waals surface area contributed by atoms with E-state index >= 15 is 0 Å². The Morgan fingerprint density at radius 1 is 1.23 bits per heavy atom. The number of carbonyl (C=O) groups is 1. The Kier molecular flexibility index (Phi) is 6.62. The third kappa shape index (κ3) is 5.31. The molecule has 0 saturated carbocycles. The number of morpholine rings is 1. The maximum atomic E-state index is 11.6. The molecule has 11 nitrogen and oxygen atoms in total. The number of H-pyrrole nitrogens is 1. The predicted octanol–water partition coefficient (Wildman–Crippen LogP) is 2.42. The third-order valence-corrected chi connectivity index (χ3v) is 4.59. The van der Waals surface area contributed by atoms with E-state index in [1.807, 2.05) is 35.4 Å². The van der Waals surface area contributed by atoms with Crippen LogP contribution in [0.4, 0.5) is 11.9 Å². The fourth-order valence-electron chi connectivity index (χ4n) is 3.11. The normalized spacial score (nSPS) is 14.3. The van der Waals surface area contributed by atoms with E-state index in [4.69, 9.17) is 14.2 Å². The minimum Gasteiger partial charge on any atom is -0.463 e. The molecule has 162 valence electrons. The van der Waals surface area contributed by atoms with Crippen molar-refractivity contribution < 1.29 is 19.0 Å². The van der Waals surface area contributed by atoms with E-state index in [-0.39, 0.29) is 25.2 Å². The molecule has 1 aliphatic heterocycles. The highest BCUT2D eigenvalue weighted by Gasteiger charge is 2.18. The summed E-state index contributed by atoms with van der Waals surface area (Å²) in [7, 11) is 0. The number of nitrogens with one attached hydrogen (secondary N) is 1. The number of azo groups is 1. The quantitative estimate of drug-likeness (QED) is 0.431. The maximum Gasteiger partial charge on any atom is 0.344 e. The first-order chi connectivity index (χ1) is 15.2. The number of para-hydroxylation sites is 1. The molecule has 0 unspecified atom stereocenters. The molecule has 11 heteroatoms. The van der Waals surface area contributed by atoms with Crippen molar-refractivity contribution in [1.82, 2.24) is 19.9 Å². The highest BCUT2D eigenvalue weighted by atomic mass is 16.6. The van der Waals surface area contributed by atoms with Crippen molar-refractivity contribution in [3.8, 4) is 6.01 Å². The van der Waals surface area contributed by atoms with Crippen LogP contribution in [0, 0.1) is 0 Å². The highest BCUT2D eigenvalue weighted by Crippen LogP contribution is 2.21. The Bertz CT molecular complexity index is 1060. The average molecular weight is 425 g/mol. The summed E-state index contributed by atoms with van der Waals surface area (Å²) in [6.07, 6.45) is 1.91. The Morgan fingerprint density at radius 3 is 2.90 bits per heavy atom. The van der Waals surface area contributed by atoms with Crippen LogP contribution >= 0.6 is 0 Å². The summed E-state index contributed by atoms with van der Waals surface area (Å²) in [6, 6.07) is 7.97. The highest BCUT2D eigenvalue weighted by molar-refractivity contribution is 5.82. The van der Waals surface area contributed by atoms with Gasteiger partial charge in [-0.2, -0.15) is 20.1 Å². The fraction of sp³-hybridized carbons (Fsp3) is 0.400. The fourth-order valence-corrected chi connectivity index (χ4v) is 3.11. The van der Waals surface area contributed by atoms with Gasteiger partial charge in [-0.15, -0.1) is 5.11 Å². The lowest BCUT2D eigenvalue weighted by atomic mass is 10.2. The number of carbonyl (C=O) groups excluding carboxylic acids is 1. The molecule has 1 aromatic carbocycles. The summed E-state index contributed by atoms with van der Waals surface area (Å²) in [4.78, 5) is 29.6. The van der Waals surface area contributed by atoms with Crippen LogP contribution in [-0.2, 0) is 20.8 Å². The van der Waals surface area contributed by atoms with Crippen molar-refractivity contribution in [3.05, 3.63) is 36.0 Å². The molecule has 1 saturated heterocycles. The van der Waals surface area contributed by atoms with Crippen molar-refractivity contribution in [2.24, 2.45) is 10.2 Å². The minimum absolute atomic E-state index is 0.00871. The van der Waals surface area contributed by atoms with Gasteiger partial charge in [0.1, 0.15) is 0 Å². The Labute approximate surface area is 178 Å². The maximum absolute atomic E-state index is 11.6. The van der Waals surface area contributed by atoms with Gasteiger partial charge >= 0.3 is 12.0 Å². The van der Waals surface area contributed by atoms with E-state index in [0.717, 1.165) is 16.5 Å². The van der Waals surface area contributed by atoms with Gasteiger partial charge < -0.3 is 24.1 Å². The van der Waals surface area contributed by atoms with E-state index in [0.29, 0.717) is 38.8 Å². The summed E-state index contributed by atoms with van der Waals surface area (Å²) >= 11 is 0. The largest absolute Gasteiger partial charge is 0.463 e. The van der Waals surface area contributed by atoms with Gasteiger partial charge in [-0.3, -0.25) is 0 Å². The molecule has 1 N–H and O–H groups in total. The van der Waals surface area contributed by atoms with Crippen molar-refractivity contribution in [3.63, 3.8) is 0 Å². The lowest BCUT2D eigenvalue weighted by Gasteiger charge is -2.26. The number of aromatic amines is 1. The topological polar surface area (TPSA) is 127 Å². The van der Waals surface area contributed by atoms with E-state index in [1.165, 1.54) is 0 Å². The van der Waals surface area contributed by atoms with Crippen LogP contribution in [0.5, 0.6) is 6.01 Å². The van der Waals surface area contributed by atoms with Gasteiger partial charge in [0, 0.05) is 35.8 Å². The average Bonchev–Trinajstić information content (AvgIpc) is 3.22. The molecule has 2 aromatic heterocycles. The van der Waals surface area contributed by atoms with Gasteiger partial charge in [-0.05, 0) is 13.0 Å². The number of nitrogens with zero attached hydrogens (tertiary/aromatic N) is 6. The molecule has 3 heterocycles.